The summed E-state index contributed by atoms with van der Waals surface area (Å²) in [6, 6.07) is 8.81. The molecule has 2 aliphatic rings. The average Bonchev–Trinajstić information content (AvgIpc) is 2.71. The fourth-order valence-electron chi connectivity index (χ4n) is 4.39. The predicted octanol–water partition coefficient (Wildman–Crippen LogP) is 3.36. The molecule has 156 valence electrons. The van der Waals surface area contributed by atoms with Crippen LogP contribution in [0.5, 0.6) is 0 Å². The molecule has 1 aromatic carbocycles. The van der Waals surface area contributed by atoms with Crippen LogP contribution in [-0.2, 0) is 4.74 Å². The largest absolute Gasteiger partial charge is 0.373 e. The maximum atomic E-state index is 6.17. The van der Waals surface area contributed by atoms with E-state index in [1.165, 1.54) is 36.9 Å². The van der Waals surface area contributed by atoms with Crippen LogP contribution in [0.2, 0.25) is 0 Å². The number of aliphatic imine (C=N–C) groups is 1. The molecule has 28 heavy (non-hydrogen) atoms. The number of benzene rings is 1. The van der Waals surface area contributed by atoms with Gasteiger partial charge in [0.1, 0.15) is 0 Å². The summed E-state index contributed by atoms with van der Waals surface area (Å²) in [4.78, 5) is 7.32. The van der Waals surface area contributed by atoms with Crippen molar-refractivity contribution in [2.24, 2.45) is 16.8 Å². The Morgan fingerprint density at radius 1 is 1.18 bits per heavy atom. The molecule has 0 aliphatic carbocycles. The Hall–Kier alpha value is -1.59. The van der Waals surface area contributed by atoms with Crippen molar-refractivity contribution in [2.45, 2.75) is 45.6 Å². The highest BCUT2D eigenvalue weighted by molar-refractivity contribution is 5.79. The third kappa shape index (κ3) is 6.21. The number of likely N-dealkylation sites (tertiary alicyclic amines) is 1. The van der Waals surface area contributed by atoms with Crippen LogP contribution in [0, 0.1) is 18.8 Å². The van der Waals surface area contributed by atoms with Gasteiger partial charge in [0.15, 0.2) is 5.96 Å². The van der Waals surface area contributed by atoms with Gasteiger partial charge in [-0.15, -0.1) is 0 Å². The highest BCUT2D eigenvalue weighted by Crippen LogP contribution is 2.33. The molecule has 2 aliphatic heterocycles. The third-order valence-corrected chi connectivity index (χ3v) is 5.96. The second-order valence-electron chi connectivity index (χ2n) is 8.48. The standard InChI is InChI=1S/C23H38N4O/c1-4-24-23(25-15-19-7-5-13-27(3)17-19)26-16-21-8-6-14-28-22(21)20-11-9-18(2)10-12-20/h9-12,19,21-22H,4-8,13-17H2,1-3H3,(H2,24,25,26). The highest BCUT2D eigenvalue weighted by Gasteiger charge is 2.27. The van der Waals surface area contributed by atoms with E-state index in [2.05, 4.69) is 60.7 Å². The van der Waals surface area contributed by atoms with Gasteiger partial charge in [0.05, 0.1) is 6.10 Å². The Balaban J connectivity index is 1.57. The van der Waals surface area contributed by atoms with E-state index in [1.807, 2.05) is 0 Å². The number of aryl methyl sites for hydroxylation is 1. The normalized spacial score (nSPS) is 26.8. The topological polar surface area (TPSA) is 48.9 Å². The number of hydrogen-bond acceptors (Lipinski definition) is 3. The molecule has 3 atom stereocenters. The van der Waals surface area contributed by atoms with Crippen molar-refractivity contribution in [1.29, 1.82) is 0 Å². The lowest BCUT2D eigenvalue weighted by atomic mass is 9.89. The molecule has 0 bridgehead atoms. The minimum atomic E-state index is 0.178. The van der Waals surface area contributed by atoms with E-state index in [0.29, 0.717) is 11.8 Å². The zero-order valence-electron chi connectivity index (χ0n) is 17.9. The third-order valence-electron chi connectivity index (χ3n) is 5.96. The Morgan fingerprint density at radius 2 is 2.00 bits per heavy atom. The van der Waals surface area contributed by atoms with Crippen molar-refractivity contribution in [3.8, 4) is 0 Å². The fourth-order valence-corrected chi connectivity index (χ4v) is 4.39. The number of nitrogens with zero attached hydrogens (tertiary/aromatic N) is 2. The molecule has 0 saturated carbocycles. The van der Waals surface area contributed by atoms with Gasteiger partial charge in [-0.25, -0.2) is 0 Å². The maximum absolute atomic E-state index is 6.17. The SMILES string of the molecule is CCNC(=NCC1CCCN(C)C1)NCC1CCCOC1c1ccc(C)cc1. The summed E-state index contributed by atoms with van der Waals surface area (Å²) >= 11 is 0. The quantitative estimate of drug-likeness (QED) is 0.581. The van der Waals surface area contributed by atoms with Crippen LogP contribution in [0.4, 0.5) is 0 Å². The summed E-state index contributed by atoms with van der Waals surface area (Å²) in [6.45, 7) is 10.2. The van der Waals surface area contributed by atoms with Crippen molar-refractivity contribution < 1.29 is 4.74 Å². The minimum Gasteiger partial charge on any atom is -0.373 e. The van der Waals surface area contributed by atoms with E-state index in [9.17, 15) is 0 Å². The summed E-state index contributed by atoms with van der Waals surface area (Å²) in [5, 5.41) is 7.02. The van der Waals surface area contributed by atoms with Crippen LogP contribution in [0.25, 0.3) is 0 Å². The first-order valence-corrected chi connectivity index (χ1v) is 11.0. The molecule has 2 saturated heterocycles. The van der Waals surface area contributed by atoms with Gasteiger partial charge in [0.25, 0.3) is 0 Å². The van der Waals surface area contributed by atoms with Crippen LogP contribution in [0.1, 0.15) is 49.8 Å². The highest BCUT2D eigenvalue weighted by atomic mass is 16.5. The van der Waals surface area contributed by atoms with Gasteiger partial charge < -0.3 is 20.3 Å². The smallest absolute Gasteiger partial charge is 0.191 e. The number of piperidine rings is 1. The van der Waals surface area contributed by atoms with Crippen molar-refractivity contribution in [1.82, 2.24) is 15.5 Å². The number of rotatable bonds is 6. The van der Waals surface area contributed by atoms with Crippen LogP contribution < -0.4 is 10.6 Å². The average molecular weight is 387 g/mol. The van der Waals surface area contributed by atoms with Gasteiger partial charge in [-0.2, -0.15) is 0 Å². The van der Waals surface area contributed by atoms with Crippen LogP contribution >= 0.6 is 0 Å². The number of ether oxygens (including phenoxy) is 1. The van der Waals surface area contributed by atoms with Crippen LogP contribution in [-0.4, -0.2) is 57.2 Å². The Labute approximate surface area is 170 Å². The van der Waals surface area contributed by atoms with E-state index in [0.717, 1.165) is 45.2 Å². The molecule has 2 N–H and O–H groups in total. The molecule has 0 amide bonds. The van der Waals surface area contributed by atoms with Crippen LogP contribution in [0.3, 0.4) is 0 Å². The first kappa shape index (κ1) is 21.1. The Kier molecular flexibility index (Phi) is 8.16. The molecule has 1 aromatic rings. The second-order valence-corrected chi connectivity index (χ2v) is 8.48. The fraction of sp³-hybridized carbons (Fsp3) is 0.696. The molecule has 0 aromatic heterocycles. The molecular formula is C23H38N4O. The summed E-state index contributed by atoms with van der Waals surface area (Å²) in [7, 11) is 2.22. The molecule has 5 heteroatoms. The number of nitrogens with one attached hydrogen (secondary N) is 2. The summed E-state index contributed by atoms with van der Waals surface area (Å²) in [5.41, 5.74) is 2.59. The van der Waals surface area contributed by atoms with Gasteiger partial charge in [0, 0.05) is 38.7 Å². The molecule has 3 unspecified atom stereocenters. The summed E-state index contributed by atoms with van der Waals surface area (Å²) in [5.74, 6) is 2.10. The zero-order chi connectivity index (χ0) is 19.8. The maximum Gasteiger partial charge on any atom is 0.191 e. The van der Waals surface area contributed by atoms with E-state index >= 15 is 0 Å². The van der Waals surface area contributed by atoms with E-state index in [4.69, 9.17) is 9.73 Å². The molecule has 2 fully saturated rings. The second kappa shape index (κ2) is 10.8. The van der Waals surface area contributed by atoms with Gasteiger partial charge >= 0.3 is 0 Å². The molecule has 0 spiro atoms. The number of guanidine groups is 1. The minimum absolute atomic E-state index is 0.178. The van der Waals surface area contributed by atoms with Gasteiger partial charge in [-0.05, 0) is 64.6 Å². The first-order valence-electron chi connectivity index (χ1n) is 11.0. The Bertz CT molecular complexity index is 616. The number of hydrogen-bond donors (Lipinski definition) is 2. The Morgan fingerprint density at radius 3 is 2.75 bits per heavy atom. The van der Waals surface area contributed by atoms with E-state index in [-0.39, 0.29) is 6.10 Å². The lowest BCUT2D eigenvalue weighted by Crippen LogP contribution is -2.42. The van der Waals surface area contributed by atoms with Gasteiger partial charge in [-0.1, -0.05) is 29.8 Å². The molecule has 2 heterocycles. The van der Waals surface area contributed by atoms with Gasteiger partial charge in [-0.3, -0.25) is 4.99 Å². The summed E-state index contributed by atoms with van der Waals surface area (Å²) in [6.07, 6.45) is 5.09. The zero-order valence-corrected chi connectivity index (χ0v) is 17.9. The predicted molar refractivity (Wildman–Crippen MR) is 117 cm³/mol. The van der Waals surface area contributed by atoms with Crippen LogP contribution in [0.15, 0.2) is 29.3 Å². The first-order chi connectivity index (χ1) is 13.7. The molecular weight excluding hydrogens is 348 g/mol. The van der Waals surface area contributed by atoms with Crippen molar-refractivity contribution in [3.05, 3.63) is 35.4 Å². The lowest BCUT2D eigenvalue weighted by molar-refractivity contribution is -0.0265. The molecule has 0 radical (unpaired) electrons. The van der Waals surface area contributed by atoms with Crippen molar-refractivity contribution in [2.75, 3.05) is 46.4 Å². The van der Waals surface area contributed by atoms with Gasteiger partial charge in [0.2, 0.25) is 0 Å². The van der Waals surface area contributed by atoms with Crippen molar-refractivity contribution >= 4 is 5.96 Å². The monoisotopic (exact) mass is 386 g/mol. The molecule has 5 nitrogen and oxygen atoms in total. The van der Waals surface area contributed by atoms with E-state index < -0.39 is 0 Å². The summed E-state index contributed by atoms with van der Waals surface area (Å²) < 4.78 is 6.17. The molecule has 3 rings (SSSR count). The van der Waals surface area contributed by atoms with E-state index in [1.54, 1.807) is 0 Å². The van der Waals surface area contributed by atoms with Crippen molar-refractivity contribution in [3.63, 3.8) is 0 Å². The lowest BCUT2D eigenvalue weighted by Gasteiger charge is -2.33.